The van der Waals surface area contributed by atoms with E-state index in [0.29, 0.717) is 25.4 Å². The molecule has 0 aromatic heterocycles. The third kappa shape index (κ3) is 5.87. The minimum atomic E-state index is -0.358. The molecule has 0 aliphatic heterocycles. The third-order valence-electron chi connectivity index (χ3n) is 5.04. The summed E-state index contributed by atoms with van der Waals surface area (Å²) in [4.78, 5) is 27.2. The van der Waals surface area contributed by atoms with E-state index in [-0.39, 0.29) is 17.9 Å². The van der Waals surface area contributed by atoms with Gasteiger partial charge in [0, 0.05) is 19.0 Å². The van der Waals surface area contributed by atoms with Crippen LogP contribution in [-0.2, 0) is 16.0 Å². The lowest BCUT2D eigenvalue weighted by atomic mass is 10.1. The molecule has 138 valence electrons. The topological polar surface area (TPSA) is 49.4 Å². The normalized spacial score (nSPS) is 15.8. The summed E-state index contributed by atoms with van der Waals surface area (Å²) in [6.07, 6.45) is 7.25. The van der Waals surface area contributed by atoms with E-state index in [2.05, 4.69) is 17.4 Å². The molecule has 0 spiro atoms. The molecule has 1 fully saturated rings. The van der Waals surface area contributed by atoms with Gasteiger partial charge in [0.1, 0.15) is 6.04 Å². The SMILES string of the molecule is CCCC(=O)N(CCc1ccccc1)[C@@H](CC)C(=O)NC1CCCC1. The zero-order chi connectivity index (χ0) is 18.1. The average molecular weight is 344 g/mol. The van der Waals surface area contributed by atoms with Gasteiger partial charge in [-0.2, -0.15) is 0 Å². The molecule has 1 aromatic rings. The molecule has 1 aromatic carbocycles. The molecule has 0 bridgehead atoms. The highest BCUT2D eigenvalue weighted by Gasteiger charge is 2.29. The minimum absolute atomic E-state index is 0.0203. The number of benzene rings is 1. The first-order valence-electron chi connectivity index (χ1n) is 9.79. The highest BCUT2D eigenvalue weighted by molar-refractivity contribution is 5.87. The molecule has 4 nitrogen and oxygen atoms in total. The predicted octanol–water partition coefficient (Wildman–Crippen LogP) is 3.70. The number of nitrogens with one attached hydrogen (secondary N) is 1. The van der Waals surface area contributed by atoms with E-state index >= 15 is 0 Å². The molecular weight excluding hydrogens is 312 g/mol. The van der Waals surface area contributed by atoms with Crippen molar-refractivity contribution in [2.45, 2.75) is 77.3 Å². The Bertz CT molecular complexity index is 538. The van der Waals surface area contributed by atoms with Crippen molar-refractivity contribution in [2.75, 3.05) is 6.54 Å². The molecule has 1 aliphatic rings. The van der Waals surface area contributed by atoms with Crippen molar-refractivity contribution in [2.24, 2.45) is 0 Å². The Hall–Kier alpha value is -1.84. The van der Waals surface area contributed by atoms with Gasteiger partial charge in [-0.25, -0.2) is 0 Å². The van der Waals surface area contributed by atoms with E-state index in [0.717, 1.165) is 25.7 Å². The van der Waals surface area contributed by atoms with E-state index < -0.39 is 0 Å². The van der Waals surface area contributed by atoms with Crippen LogP contribution in [0.2, 0.25) is 0 Å². The number of nitrogens with zero attached hydrogens (tertiary/aromatic N) is 1. The first-order chi connectivity index (χ1) is 12.2. The standard InChI is InChI=1S/C21H32N2O2/c1-3-10-20(24)23(16-15-17-11-6-5-7-12-17)19(4-2)21(25)22-18-13-8-9-14-18/h5-7,11-12,18-19H,3-4,8-10,13-16H2,1-2H3,(H,22,25)/t19-/m0/s1. The Labute approximate surface area is 152 Å². The monoisotopic (exact) mass is 344 g/mol. The molecular formula is C21H32N2O2. The van der Waals surface area contributed by atoms with Crippen molar-refractivity contribution >= 4 is 11.8 Å². The van der Waals surface area contributed by atoms with E-state index in [4.69, 9.17) is 0 Å². The fourth-order valence-corrected chi connectivity index (χ4v) is 3.62. The summed E-state index contributed by atoms with van der Waals surface area (Å²) in [6, 6.07) is 10.1. The molecule has 0 saturated heterocycles. The maximum Gasteiger partial charge on any atom is 0.243 e. The lowest BCUT2D eigenvalue weighted by Crippen LogP contribution is -2.51. The number of hydrogen-bond acceptors (Lipinski definition) is 2. The zero-order valence-corrected chi connectivity index (χ0v) is 15.7. The molecule has 2 rings (SSSR count). The van der Waals surface area contributed by atoms with Crippen LogP contribution in [0.3, 0.4) is 0 Å². The summed E-state index contributed by atoms with van der Waals surface area (Å²) in [6.45, 7) is 4.60. The highest BCUT2D eigenvalue weighted by atomic mass is 16.2. The molecule has 1 atom stereocenters. The van der Waals surface area contributed by atoms with E-state index in [1.165, 1.54) is 18.4 Å². The Morgan fingerprint density at radius 3 is 2.44 bits per heavy atom. The Morgan fingerprint density at radius 2 is 1.84 bits per heavy atom. The highest BCUT2D eigenvalue weighted by Crippen LogP contribution is 2.19. The van der Waals surface area contributed by atoms with Gasteiger partial charge in [-0.1, -0.05) is 57.0 Å². The second-order valence-electron chi connectivity index (χ2n) is 6.99. The summed E-state index contributed by atoms with van der Waals surface area (Å²) in [5.41, 5.74) is 1.20. The number of carbonyl (C=O) groups excluding carboxylic acids is 2. The van der Waals surface area contributed by atoms with Crippen LogP contribution in [0.1, 0.15) is 64.4 Å². The first kappa shape index (κ1) is 19.5. The van der Waals surface area contributed by atoms with Crippen molar-refractivity contribution < 1.29 is 9.59 Å². The maximum atomic E-state index is 12.8. The molecule has 2 amide bonds. The quantitative estimate of drug-likeness (QED) is 0.743. The van der Waals surface area contributed by atoms with Gasteiger partial charge in [0.15, 0.2) is 0 Å². The zero-order valence-electron chi connectivity index (χ0n) is 15.7. The second kappa shape index (κ2) is 10.2. The van der Waals surface area contributed by atoms with Crippen molar-refractivity contribution in [3.05, 3.63) is 35.9 Å². The number of amides is 2. The molecule has 1 saturated carbocycles. The van der Waals surface area contributed by atoms with Crippen LogP contribution in [-0.4, -0.2) is 35.3 Å². The van der Waals surface area contributed by atoms with Crippen LogP contribution in [0.4, 0.5) is 0 Å². The number of carbonyl (C=O) groups is 2. The minimum Gasteiger partial charge on any atom is -0.352 e. The summed E-state index contributed by atoms with van der Waals surface area (Å²) < 4.78 is 0. The lowest BCUT2D eigenvalue weighted by molar-refractivity contribution is -0.141. The largest absolute Gasteiger partial charge is 0.352 e. The van der Waals surface area contributed by atoms with Crippen molar-refractivity contribution in [1.82, 2.24) is 10.2 Å². The van der Waals surface area contributed by atoms with Gasteiger partial charge in [-0.05, 0) is 37.7 Å². The summed E-state index contributed by atoms with van der Waals surface area (Å²) in [5, 5.41) is 3.17. The van der Waals surface area contributed by atoms with Crippen molar-refractivity contribution in [3.8, 4) is 0 Å². The number of hydrogen-bond donors (Lipinski definition) is 1. The molecule has 25 heavy (non-hydrogen) atoms. The second-order valence-corrected chi connectivity index (χ2v) is 6.99. The van der Waals surface area contributed by atoms with Crippen LogP contribution in [0.5, 0.6) is 0 Å². The van der Waals surface area contributed by atoms with Crippen LogP contribution in [0.25, 0.3) is 0 Å². The van der Waals surface area contributed by atoms with Gasteiger partial charge < -0.3 is 10.2 Å². The van der Waals surface area contributed by atoms with Gasteiger partial charge in [0.25, 0.3) is 0 Å². The van der Waals surface area contributed by atoms with Crippen molar-refractivity contribution in [3.63, 3.8) is 0 Å². The first-order valence-corrected chi connectivity index (χ1v) is 9.79. The van der Waals surface area contributed by atoms with E-state index in [1.54, 1.807) is 4.90 Å². The van der Waals surface area contributed by atoms with Gasteiger partial charge in [-0.3, -0.25) is 9.59 Å². The van der Waals surface area contributed by atoms with Crippen LogP contribution < -0.4 is 5.32 Å². The van der Waals surface area contributed by atoms with Crippen molar-refractivity contribution in [1.29, 1.82) is 0 Å². The fraction of sp³-hybridized carbons (Fsp3) is 0.619. The molecule has 0 heterocycles. The predicted molar refractivity (Wildman–Crippen MR) is 101 cm³/mol. The Morgan fingerprint density at radius 1 is 1.16 bits per heavy atom. The Kier molecular flexibility index (Phi) is 7.96. The van der Waals surface area contributed by atoms with Gasteiger partial charge in [0.2, 0.25) is 11.8 Å². The lowest BCUT2D eigenvalue weighted by Gasteiger charge is -2.31. The smallest absolute Gasteiger partial charge is 0.243 e. The van der Waals surface area contributed by atoms with Crippen LogP contribution in [0, 0.1) is 0 Å². The molecule has 1 aliphatic carbocycles. The maximum absolute atomic E-state index is 12.8. The van der Waals surface area contributed by atoms with E-state index in [1.807, 2.05) is 32.0 Å². The van der Waals surface area contributed by atoms with Crippen LogP contribution in [0.15, 0.2) is 30.3 Å². The number of rotatable bonds is 9. The molecule has 0 unspecified atom stereocenters. The average Bonchev–Trinajstić information content (AvgIpc) is 3.12. The summed E-state index contributed by atoms with van der Waals surface area (Å²) in [5.74, 6) is 0.110. The molecule has 1 N–H and O–H groups in total. The van der Waals surface area contributed by atoms with Crippen LogP contribution >= 0.6 is 0 Å². The molecule has 4 heteroatoms. The summed E-state index contributed by atoms with van der Waals surface area (Å²) in [7, 11) is 0. The Balaban J connectivity index is 2.04. The summed E-state index contributed by atoms with van der Waals surface area (Å²) >= 11 is 0. The third-order valence-corrected chi connectivity index (χ3v) is 5.04. The van der Waals surface area contributed by atoms with Gasteiger partial charge in [0.05, 0.1) is 0 Å². The van der Waals surface area contributed by atoms with Gasteiger partial charge >= 0.3 is 0 Å². The van der Waals surface area contributed by atoms with E-state index in [9.17, 15) is 9.59 Å². The molecule has 0 radical (unpaired) electrons. The van der Waals surface area contributed by atoms with Gasteiger partial charge in [-0.15, -0.1) is 0 Å². The fourth-order valence-electron chi connectivity index (χ4n) is 3.62.